The summed E-state index contributed by atoms with van der Waals surface area (Å²) in [7, 11) is 0. The highest BCUT2D eigenvalue weighted by Crippen LogP contribution is 2.26. The standard InChI is InChI=1S/C26H31ClN6O3/c1-17(2)29-24(34)16-32-25(19-4-3-5-20(27)12-19)30-33(26(32)35)23-9-6-18(13-28-23)10-11-31-14-21-7-8-22(15-31)36-21/h3-6,9,12-13,17,21-22H,7-8,10-11,14-16H2,1-2H3,(H,29,34). The van der Waals surface area contributed by atoms with Gasteiger partial charge in [-0.2, -0.15) is 4.68 Å². The normalized spacial score (nSPS) is 19.7. The van der Waals surface area contributed by atoms with Gasteiger partial charge < -0.3 is 10.1 Å². The molecule has 2 aliphatic heterocycles. The molecule has 2 aromatic heterocycles. The zero-order valence-electron chi connectivity index (χ0n) is 20.6. The van der Waals surface area contributed by atoms with Gasteiger partial charge in [0.05, 0.1) is 12.2 Å². The summed E-state index contributed by atoms with van der Waals surface area (Å²) in [6.07, 6.45) is 5.74. The molecule has 0 spiro atoms. The molecule has 0 saturated carbocycles. The van der Waals surface area contributed by atoms with Crippen molar-refractivity contribution < 1.29 is 9.53 Å². The van der Waals surface area contributed by atoms with E-state index in [0.717, 1.165) is 44.5 Å². The quantitative estimate of drug-likeness (QED) is 0.500. The molecule has 2 unspecified atom stereocenters. The first-order chi connectivity index (χ1) is 17.4. The van der Waals surface area contributed by atoms with Crippen LogP contribution in [-0.2, 0) is 22.5 Å². The maximum Gasteiger partial charge on any atom is 0.352 e. The van der Waals surface area contributed by atoms with Gasteiger partial charge in [-0.15, -0.1) is 5.10 Å². The Balaban J connectivity index is 1.36. The smallest absolute Gasteiger partial charge is 0.352 e. The molecule has 2 bridgehead atoms. The van der Waals surface area contributed by atoms with Crippen LogP contribution in [0.2, 0.25) is 5.02 Å². The first-order valence-electron chi connectivity index (χ1n) is 12.4. The number of rotatable bonds is 8. The Labute approximate surface area is 215 Å². The fraction of sp³-hybridized carbons (Fsp3) is 0.462. The van der Waals surface area contributed by atoms with Gasteiger partial charge in [-0.05, 0) is 56.9 Å². The molecular formula is C26H31ClN6O3. The fourth-order valence-electron chi connectivity index (χ4n) is 4.90. The van der Waals surface area contributed by atoms with Crippen molar-refractivity contribution in [3.8, 4) is 17.2 Å². The molecule has 0 radical (unpaired) electrons. The van der Waals surface area contributed by atoms with Crippen LogP contribution in [-0.4, -0.2) is 68.0 Å². The number of aromatic nitrogens is 4. The zero-order valence-corrected chi connectivity index (χ0v) is 21.3. The van der Waals surface area contributed by atoms with E-state index in [1.54, 1.807) is 30.5 Å². The third-order valence-electron chi connectivity index (χ3n) is 6.56. The molecule has 2 atom stereocenters. The van der Waals surface area contributed by atoms with E-state index in [1.807, 2.05) is 26.0 Å². The molecule has 2 saturated heterocycles. The zero-order chi connectivity index (χ0) is 25.2. The second kappa shape index (κ2) is 10.5. The summed E-state index contributed by atoms with van der Waals surface area (Å²) >= 11 is 6.18. The van der Waals surface area contributed by atoms with Gasteiger partial charge in [0.2, 0.25) is 5.91 Å². The SMILES string of the molecule is CC(C)NC(=O)Cn1c(-c2cccc(Cl)c2)nn(-c2ccc(CCN3CC4CCC(C3)O4)cn2)c1=O. The number of likely N-dealkylation sites (tertiary alicyclic amines) is 1. The van der Waals surface area contributed by atoms with Crippen LogP contribution in [0.4, 0.5) is 0 Å². The molecule has 4 heterocycles. The number of pyridine rings is 1. The van der Waals surface area contributed by atoms with Gasteiger partial charge in [-0.3, -0.25) is 14.3 Å². The molecule has 190 valence electrons. The highest BCUT2D eigenvalue weighted by Gasteiger charge is 2.33. The second-order valence-electron chi connectivity index (χ2n) is 9.83. The molecule has 10 heteroatoms. The van der Waals surface area contributed by atoms with E-state index in [2.05, 4.69) is 20.3 Å². The Bertz CT molecular complexity index is 1270. The van der Waals surface area contributed by atoms with Gasteiger partial charge in [0.25, 0.3) is 0 Å². The first kappa shape index (κ1) is 24.7. The lowest BCUT2D eigenvalue weighted by Gasteiger charge is -2.31. The summed E-state index contributed by atoms with van der Waals surface area (Å²) in [6, 6.07) is 10.8. The topological polar surface area (TPSA) is 94.3 Å². The van der Waals surface area contributed by atoms with Gasteiger partial charge >= 0.3 is 5.69 Å². The number of hydrogen-bond donors (Lipinski definition) is 1. The average Bonchev–Trinajstić information content (AvgIpc) is 3.35. The number of morpholine rings is 1. The van der Waals surface area contributed by atoms with Crippen LogP contribution in [0.15, 0.2) is 47.4 Å². The third kappa shape index (κ3) is 5.53. The summed E-state index contributed by atoms with van der Waals surface area (Å²) in [5.41, 5.74) is 1.30. The lowest BCUT2D eigenvalue weighted by atomic mass is 10.2. The van der Waals surface area contributed by atoms with Gasteiger partial charge in [-0.25, -0.2) is 9.78 Å². The van der Waals surface area contributed by atoms with Gasteiger partial charge in [0.1, 0.15) is 6.54 Å². The van der Waals surface area contributed by atoms with Gasteiger partial charge in [0, 0.05) is 42.5 Å². The number of hydrogen-bond acceptors (Lipinski definition) is 6. The van der Waals surface area contributed by atoms with Crippen LogP contribution in [0, 0.1) is 0 Å². The molecule has 1 amide bonds. The highest BCUT2D eigenvalue weighted by molar-refractivity contribution is 6.30. The number of carbonyl (C=O) groups is 1. The van der Waals surface area contributed by atoms with Crippen molar-refractivity contribution in [1.29, 1.82) is 0 Å². The number of fused-ring (bicyclic) bond motifs is 2. The number of benzene rings is 1. The van der Waals surface area contributed by atoms with E-state index in [1.165, 1.54) is 9.25 Å². The van der Waals surface area contributed by atoms with Crippen molar-refractivity contribution in [1.82, 2.24) is 29.5 Å². The summed E-state index contributed by atoms with van der Waals surface area (Å²) in [4.78, 5) is 32.8. The second-order valence-corrected chi connectivity index (χ2v) is 10.3. The minimum Gasteiger partial charge on any atom is -0.372 e. The minimum absolute atomic E-state index is 0.0419. The number of nitrogens with one attached hydrogen (secondary N) is 1. The third-order valence-corrected chi connectivity index (χ3v) is 6.79. The molecule has 2 fully saturated rings. The molecule has 36 heavy (non-hydrogen) atoms. The van der Waals surface area contributed by atoms with E-state index in [-0.39, 0.29) is 18.5 Å². The van der Waals surface area contributed by atoms with Crippen LogP contribution in [0.25, 0.3) is 17.2 Å². The lowest BCUT2D eigenvalue weighted by molar-refractivity contribution is -0.122. The van der Waals surface area contributed by atoms with E-state index < -0.39 is 5.69 Å². The van der Waals surface area contributed by atoms with Crippen molar-refractivity contribution >= 4 is 17.5 Å². The van der Waals surface area contributed by atoms with Crippen molar-refractivity contribution in [2.45, 2.75) is 57.9 Å². The molecule has 1 aromatic carbocycles. The van der Waals surface area contributed by atoms with Crippen LogP contribution in [0.1, 0.15) is 32.3 Å². The highest BCUT2D eigenvalue weighted by atomic mass is 35.5. The Morgan fingerprint density at radius 2 is 1.97 bits per heavy atom. The molecule has 1 N–H and O–H groups in total. The Kier molecular flexibility index (Phi) is 7.22. The summed E-state index contributed by atoms with van der Waals surface area (Å²) in [6.45, 7) is 6.53. The first-order valence-corrected chi connectivity index (χ1v) is 12.8. The minimum atomic E-state index is -0.437. The van der Waals surface area contributed by atoms with Crippen LogP contribution >= 0.6 is 11.6 Å². The van der Waals surface area contributed by atoms with Gasteiger partial charge in [-0.1, -0.05) is 29.8 Å². The molecular weight excluding hydrogens is 480 g/mol. The van der Waals surface area contributed by atoms with Crippen LogP contribution in [0.3, 0.4) is 0 Å². The Morgan fingerprint density at radius 3 is 2.64 bits per heavy atom. The predicted octanol–water partition coefficient (Wildman–Crippen LogP) is 2.68. The van der Waals surface area contributed by atoms with Crippen molar-refractivity contribution in [3.63, 3.8) is 0 Å². The van der Waals surface area contributed by atoms with Crippen molar-refractivity contribution in [3.05, 3.63) is 63.7 Å². The number of ether oxygens (including phenoxy) is 1. The van der Waals surface area contributed by atoms with Crippen molar-refractivity contribution in [2.75, 3.05) is 19.6 Å². The maximum atomic E-state index is 13.3. The number of amides is 1. The van der Waals surface area contributed by atoms with E-state index >= 15 is 0 Å². The Hall–Kier alpha value is -3.01. The molecule has 0 aliphatic carbocycles. The summed E-state index contributed by atoms with van der Waals surface area (Å²) < 4.78 is 8.51. The fourth-order valence-corrected chi connectivity index (χ4v) is 5.09. The van der Waals surface area contributed by atoms with E-state index in [4.69, 9.17) is 16.3 Å². The molecule has 9 nitrogen and oxygen atoms in total. The molecule has 5 rings (SSSR count). The number of carbonyl (C=O) groups excluding carboxylic acids is 1. The monoisotopic (exact) mass is 510 g/mol. The summed E-state index contributed by atoms with van der Waals surface area (Å²) in [5, 5.41) is 7.88. The maximum absolute atomic E-state index is 13.3. The van der Waals surface area contributed by atoms with Gasteiger partial charge in [0.15, 0.2) is 11.6 Å². The van der Waals surface area contributed by atoms with E-state index in [9.17, 15) is 9.59 Å². The molecule has 2 aliphatic rings. The Morgan fingerprint density at radius 1 is 1.19 bits per heavy atom. The number of nitrogens with zero attached hydrogens (tertiary/aromatic N) is 5. The van der Waals surface area contributed by atoms with Crippen LogP contribution in [0.5, 0.6) is 0 Å². The summed E-state index contributed by atoms with van der Waals surface area (Å²) in [5.74, 6) is 0.489. The number of halogens is 1. The molecule has 3 aromatic rings. The average molecular weight is 511 g/mol. The lowest BCUT2D eigenvalue weighted by Crippen LogP contribution is -2.43. The van der Waals surface area contributed by atoms with E-state index in [0.29, 0.717) is 34.4 Å². The van der Waals surface area contributed by atoms with Crippen molar-refractivity contribution in [2.24, 2.45) is 0 Å². The predicted molar refractivity (Wildman–Crippen MR) is 137 cm³/mol. The van der Waals surface area contributed by atoms with Crippen LogP contribution < -0.4 is 11.0 Å². The largest absolute Gasteiger partial charge is 0.372 e.